The number of sulfonamides is 1. The fourth-order valence-corrected chi connectivity index (χ4v) is 4.35. The molecule has 0 amide bonds. The normalized spacial score (nSPS) is 13.4. The van der Waals surface area contributed by atoms with Gasteiger partial charge >= 0.3 is 0 Å². The topological polar surface area (TPSA) is 102 Å². The summed E-state index contributed by atoms with van der Waals surface area (Å²) in [6.07, 6.45) is 3.91. The van der Waals surface area contributed by atoms with E-state index in [0.29, 0.717) is 11.3 Å². The van der Waals surface area contributed by atoms with Crippen molar-refractivity contribution >= 4 is 19.9 Å². The molecule has 0 fully saturated rings. The highest BCUT2D eigenvalue weighted by Gasteiger charge is 2.30. The van der Waals surface area contributed by atoms with Crippen LogP contribution in [0.3, 0.4) is 0 Å². The van der Waals surface area contributed by atoms with E-state index in [4.69, 9.17) is 4.74 Å². The maximum atomic E-state index is 12.9. The predicted octanol–water partition coefficient (Wildman–Crippen LogP) is 1.15. The van der Waals surface area contributed by atoms with E-state index in [1.165, 1.54) is 43.8 Å². The van der Waals surface area contributed by atoms with Crippen molar-refractivity contribution in [2.24, 2.45) is 0 Å². The van der Waals surface area contributed by atoms with E-state index in [9.17, 15) is 16.8 Å². The van der Waals surface area contributed by atoms with Crippen LogP contribution in [-0.2, 0) is 19.9 Å². The van der Waals surface area contributed by atoms with Crippen molar-refractivity contribution in [2.45, 2.75) is 10.1 Å². The molecule has 9 heteroatoms. The summed E-state index contributed by atoms with van der Waals surface area (Å²) >= 11 is 0. The Morgan fingerprint density at radius 2 is 1.79 bits per heavy atom. The van der Waals surface area contributed by atoms with Gasteiger partial charge in [0.1, 0.15) is 11.0 Å². The lowest BCUT2D eigenvalue weighted by Gasteiger charge is -2.18. The van der Waals surface area contributed by atoms with Crippen molar-refractivity contribution in [3.8, 4) is 5.75 Å². The quantitative estimate of drug-likeness (QED) is 0.784. The highest BCUT2D eigenvalue weighted by Crippen LogP contribution is 2.29. The Morgan fingerprint density at radius 3 is 2.29 bits per heavy atom. The van der Waals surface area contributed by atoms with Crippen LogP contribution in [0.15, 0.2) is 53.7 Å². The minimum Gasteiger partial charge on any atom is -0.497 e. The van der Waals surface area contributed by atoms with Crippen LogP contribution in [0.4, 0.5) is 0 Å². The Balaban J connectivity index is 2.44. The molecule has 130 valence electrons. The maximum Gasteiger partial charge on any atom is 0.208 e. The van der Waals surface area contributed by atoms with Crippen LogP contribution < -0.4 is 9.46 Å². The first-order valence-electron chi connectivity index (χ1n) is 6.96. The zero-order valence-corrected chi connectivity index (χ0v) is 14.8. The Morgan fingerprint density at radius 1 is 1.12 bits per heavy atom. The van der Waals surface area contributed by atoms with E-state index in [-0.39, 0.29) is 11.4 Å². The molecule has 0 aliphatic heterocycles. The summed E-state index contributed by atoms with van der Waals surface area (Å²) in [4.78, 5) is 4.00. The van der Waals surface area contributed by atoms with E-state index in [2.05, 4.69) is 9.71 Å². The number of methoxy groups -OCH3 is 1. The smallest absolute Gasteiger partial charge is 0.208 e. The van der Waals surface area contributed by atoms with Crippen LogP contribution in [0, 0.1) is 0 Å². The summed E-state index contributed by atoms with van der Waals surface area (Å²) in [5.41, 5.74) is 0.407. The van der Waals surface area contributed by atoms with Crippen molar-refractivity contribution in [1.82, 2.24) is 9.71 Å². The van der Waals surface area contributed by atoms with E-state index >= 15 is 0 Å². The number of nitrogens with one attached hydrogen (secondary N) is 1. The van der Waals surface area contributed by atoms with Gasteiger partial charge in [0.05, 0.1) is 18.3 Å². The lowest BCUT2D eigenvalue weighted by atomic mass is 10.2. The third kappa shape index (κ3) is 4.53. The standard InChI is InChI=1S/C15H18N2O5S2/c1-22-13-5-7-14(8-6-13)24(20,21)15(11-17-23(2,18)19)12-4-3-9-16-10-12/h3-10,15,17H,11H2,1-2H3/t15-/m0/s1. The molecule has 1 N–H and O–H groups in total. The van der Waals surface area contributed by atoms with Crippen molar-refractivity contribution < 1.29 is 21.6 Å². The number of nitrogens with zero attached hydrogens (tertiary/aromatic N) is 1. The van der Waals surface area contributed by atoms with Gasteiger partial charge in [-0.05, 0) is 35.9 Å². The molecule has 0 unspecified atom stereocenters. The highest BCUT2D eigenvalue weighted by atomic mass is 32.2. The molecule has 2 rings (SSSR count). The zero-order chi connectivity index (χ0) is 17.8. The van der Waals surface area contributed by atoms with Crippen LogP contribution in [0.2, 0.25) is 0 Å². The maximum absolute atomic E-state index is 12.9. The first-order valence-corrected chi connectivity index (χ1v) is 10.4. The van der Waals surface area contributed by atoms with Crippen LogP contribution in [0.5, 0.6) is 5.75 Å². The fourth-order valence-electron chi connectivity index (χ4n) is 2.13. The first kappa shape index (κ1) is 18.4. The molecule has 1 heterocycles. The van der Waals surface area contributed by atoms with Gasteiger partial charge < -0.3 is 4.74 Å². The molecule has 2 aromatic rings. The molecule has 1 atom stereocenters. The summed E-state index contributed by atoms with van der Waals surface area (Å²) in [6.45, 7) is -0.279. The third-order valence-electron chi connectivity index (χ3n) is 3.35. The highest BCUT2D eigenvalue weighted by molar-refractivity contribution is 7.92. The number of ether oxygens (including phenoxy) is 1. The molecule has 0 spiro atoms. The van der Waals surface area contributed by atoms with E-state index in [1.807, 2.05) is 0 Å². The Bertz CT molecular complexity index is 879. The molecular weight excluding hydrogens is 352 g/mol. The Labute approximate surface area is 141 Å². The van der Waals surface area contributed by atoms with Gasteiger partial charge in [-0.3, -0.25) is 4.98 Å². The van der Waals surface area contributed by atoms with Crippen molar-refractivity contribution in [3.63, 3.8) is 0 Å². The molecule has 1 aromatic carbocycles. The summed E-state index contributed by atoms with van der Waals surface area (Å²) < 4.78 is 55.9. The molecule has 0 aliphatic rings. The third-order valence-corrected chi connectivity index (χ3v) is 6.16. The van der Waals surface area contributed by atoms with Crippen molar-refractivity contribution in [2.75, 3.05) is 19.9 Å². The SMILES string of the molecule is COc1ccc(S(=O)(=O)[C@@H](CNS(C)(=O)=O)c2cccnc2)cc1. The number of sulfone groups is 1. The first-order chi connectivity index (χ1) is 11.2. The number of pyridine rings is 1. The minimum absolute atomic E-state index is 0.0763. The second-order valence-electron chi connectivity index (χ2n) is 5.12. The van der Waals surface area contributed by atoms with E-state index in [1.54, 1.807) is 12.1 Å². The number of rotatable bonds is 7. The molecule has 0 aliphatic carbocycles. The summed E-state index contributed by atoms with van der Waals surface area (Å²) in [6, 6.07) is 9.14. The van der Waals surface area contributed by atoms with Crippen molar-refractivity contribution in [1.29, 1.82) is 0 Å². The molecule has 24 heavy (non-hydrogen) atoms. The van der Waals surface area contributed by atoms with Gasteiger partial charge in [0.25, 0.3) is 0 Å². The summed E-state index contributed by atoms with van der Waals surface area (Å²) in [7, 11) is -5.88. The van der Waals surface area contributed by atoms with Crippen LogP contribution in [-0.4, -0.2) is 41.7 Å². The molecule has 0 bridgehead atoms. The average molecular weight is 370 g/mol. The molecule has 7 nitrogen and oxygen atoms in total. The van der Waals surface area contributed by atoms with Gasteiger partial charge in [0, 0.05) is 18.9 Å². The number of aromatic nitrogens is 1. The Kier molecular flexibility index (Phi) is 5.58. The van der Waals surface area contributed by atoms with Gasteiger partial charge in [0.2, 0.25) is 10.0 Å². The lowest BCUT2D eigenvalue weighted by molar-refractivity contribution is 0.414. The molecule has 0 saturated heterocycles. The molecular formula is C15H18N2O5S2. The fraction of sp³-hybridized carbons (Fsp3) is 0.267. The second kappa shape index (κ2) is 7.29. The van der Waals surface area contributed by atoms with Crippen LogP contribution >= 0.6 is 0 Å². The molecule has 0 radical (unpaired) electrons. The monoisotopic (exact) mass is 370 g/mol. The summed E-state index contributed by atoms with van der Waals surface area (Å²) in [5, 5.41) is -1.09. The lowest BCUT2D eigenvalue weighted by Crippen LogP contribution is -2.31. The van der Waals surface area contributed by atoms with Gasteiger partial charge in [-0.2, -0.15) is 0 Å². The molecule has 1 aromatic heterocycles. The Hall–Kier alpha value is -1.97. The van der Waals surface area contributed by atoms with Gasteiger partial charge in [-0.15, -0.1) is 0 Å². The van der Waals surface area contributed by atoms with E-state index in [0.717, 1.165) is 6.26 Å². The minimum atomic E-state index is -3.82. The molecule has 0 saturated carbocycles. The zero-order valence-electron chi connectivity index (χ0n) is 13.2. The van der Waals surface area contributed by atoms with E-state index < -0.39 is 25.1 Å². The predicted molar refractivity (Wildman–Crippen MR) is 90.0 cm³/mol. The van der Waals surface area contributed by atoms with Gasteiger partial charge in [-0.1, -0.05) is 6.07 Å². The van der Waals surface area contributed by atoms with Crippen LogP contribution in [0.25, 0.3) is 0 Å². The second-order valence-corrected chi connectivity index (χ2v) is 9.08. The average Bonchev–Trinajstić information content (AvgIpc) is 2.55. The number of hydrogen-bond donors (Lipinski definition) is 1. The summed E-state index contributed by atoms with van der Waals surface area (Å²) in [5.74, 6) is 0.529. The number of benzene rings is 1. The van der Waals surface area contributed by atoms with Crippen LogP contribution in [0.1, 0.15) is 10.8 Å². The largest absolute Gasteiger partial charge is 0.497 e. The van der Waals surface area contributed by atoms with Crippen molar-refractivity contribution in [3.05, 3.63) is 54.4 Å². The van der Waals surface area contributed by atoms with Gasteiger partial charge in [-0.25, -0.2) is 21.6 Å². The number of hydrogen-bond acceptors (Lipinski definition) is 6. The van der Waals surface area contributed by atoms with Gasteiger partial charge in [0.15, 0.2) is 9.84 Å².